The van der Waals surface area contributed by atoms with Gasteiger partial charge in [0.1, 0.15) is 6.04 Å². The molecule has 6 nitrogen and oxygen atoms in total. The Bertz CT molecular complexity index is 621. The number of carbonyl (C=O) groups is 2. The van der Waals surface area contributed by atoms with Crippen LogP contribution in [0.25, 0.3) is 0 Å². The Balaban J connectivity index is 2.17. The molecule has 0 aromatic carbocycles. The van der Waals surface area contributed by atoms with E-state index in [1.165, 1.54) is 0 Å². The fourth-order valence-corrected chi connectivity index (χ4v) is 3.44. The van der Waals surface area contributed by atoms with Gasteiger partial charge in [0.2, 0.25) is 5.91 Å². The molecular formula is C18H29N3O3. The van der Waals surface area contributed by atoms with Gasteiger partial charge in [-0.25, -0.2) is 4.79 Å². The van der Waals surface area contributed by atoms with Crippen LogP contribution >= 0.6 is 0 Å². The first-order chi connectivity index (χ1) is 11.2. The number of nitrogens with zero attached hydrogens (tertiary/aromatic N) is 3. The van der Waals surface area contributed by atoms with E-state index in [0.717, 1.165) is 29.9 Å². The Hall–Kier alpha value is -1.85. The van der Waals surface area contributed by atoms with Crippen LogP contribution in [0.1, 0.15) is 50.6 Å². The third-order valence-electron chi connectivity index (χ3n) is 4.87. The molecular weight excluding hydrogens is 306 g/mol. The lowest BCUT2D eigenvalue weighted by atomic mass is 9.92. The first kappa shape index (κ1) is 18.5. The lowest BCUT2D eigenvalue weighted by Gasteiger charge is -2.36. The second kappa shape index (κ2) is 7.36. The summed E-state index contributed by atoms with van der Waals surface area (Å²) in [6.45, 7) is 11.6. The van der Waals surface area contributed by atoms with Crippen LogP contribution in [-0.2, 0) is 22.6 Å². The van der Waals surface area contributed by atoms with Gasteiger partial charge in [0, 0.05) is 24.3 Å². The van der Waals surface area contributed by atoms with Crippen LogP contribution in [0.4, 0.5) is 0 Å². The minimum absolute atomic E-state index is 0.107. The second-order valence-corrected chi connectivity index (χ2v) is 7.47. The maximum atomic E-state index is 12.8. The van der Waals surface area contributed by atoms with Crippen LogP contribution in [0.2, 0.25) is 0 Å². The molecule has 0 aliphatic carbocycles. The number of likely N-dealkylation sites (tertiary alicyclic amines) is 1. The number of hydrogen-bond acceptors (Lipinski definition) is 3. The number of carboxylic acids is 1. The van der Waals surface area contributed by atoms with Crippen LogP contribution in [0, 0.1) is 25.7 Å². The number of carbonyl (C=O) groups excluding carboxylic acids is 1. The molecule has 0 radical (unpaired) electrons. The largest absolute Gasteiger partial charge is 0.480 e. The van der Waals surface area contributed by atoms with E-state index in [9.17, 15) is 14.7 Å². The molecule has 1 saturated heterocycles. The van der Waals surface area contributed by atoms with Crippen molar-refractivity contribution < 1.29 is 14.7 Å². The van der Waals surface area contributed by atoms with Crippen LogP contribution < -0.4 is 0 Å². The zero-order chi connectivity index (χ0) is 18.0. The van der Waals surface area contributed by atoms with Crippen LogP contribution in [-0.4, -0.2) is 44.3 Å². The van der Waals surface area contributed by atoms with Gasteiger partial charge in [-0.3, -0.25) is 9.48 Å². The number of hydrogen-bond donors (Lipinski definition) is 1. The summed E-state index contributed by atoms with van der Waals surface area (Å²) in [6, 6.07) is -0.701. The molecule has 1 aromatic heterocycles. The van der Waals surface area contributed by atoms with E-state index in [1.807, 2.05) is 25.5 Å². The maximum Gasteiger partial charge on any atom is 0.326 e. The minimum atomic E-state index is -0.904. The smallest absolute Gasteiger partial charge is 0.326 e. The number of rotatable bonds is 5. The molecule has 0 bridgehead atoms. The van der Waals surface area contributed by atoms with Gasteiger partial charge in [0.25, 0.3) is 0 Å². The maximum absolute atomic E-state index is 12.8. The van der Waals surface area contributed by atoms with E-state index in [1.54, 1.807) is 4.90 Å². The van der Waals surface area contributed by atoms with Gasteiger partial charge in [-0.2, -0.15) is 5.10 Å². The van der Waals surface area contributed by atoms with Crippen LogP contribution in [0.15, 0.2) is 0 Å². The Labute approximate surface area is 143 Å². The summed E-state index contributed by atoms with van der Waals surface area (Å²) in [4.78, 5) is 25.8. The topological polar surface area (TPSA) is 75.4 Å². The molecule has 1 amide bonds. The molecule has 2 atom stereocenters. The fraction of sp³-hybridized carbons (Fsp3) is 0.722. The number of amides is 1. The van der Waals surface area contributed by atoms with Crippen molar-refractivity contribution in [2.75, 3.05) is 6.54 Å². The summed E-state index contributed by atoms with van der Waals surface area (Å²) in [5.41, 5.74) is 2.80. The highest BCUT2D eigenvalue weighted by molar-refractivity contribution is 5.85. The van der Waals surface area contributed by atoms with Crippen molar-refractivity contribution in [2.45, 2.75) is 66.5 Å². The molecule has 2 heterocycles. The lowest BCUT2D eigenvalue weighted by Crippen LogP contribution is -2.50. The van der Waals surface area contributed by atoms with Gasteiger partial charge in [-0.15, -0.1) is 0 Å². The van der Waals surface area contributed by atoms with Gasteiger partial charge in [0.05, 0.1) is 12.1 Å². The summed E-state index contributed by atoms with van der Waals surface area (Å²) in [5, 5.41) is 14.0. The summed E-state index contributed by atoms with van der Waals surface area (Å²) >= 11 is 0. The van der Waals surface area contributed by atoms with Crippen molar-refractivity contribution in [3.63, 3.8) is 0 Å². The number of aryl methyl sites for hydroxylation is 1. The average molecular weight is 335 g/mol. The SMILES string of the molecule is Cc1nn(CC(C)C)c(C)c1CC(=O)N1CCC(C)CC1C(=O)O. The summed E-state index contributed by atoms with van der Waals surface area (Å²) in [5.74, 6) is -0.192. The Morgan fingerprint density at radius 2 is 2.00 bits per heavy atom. The quantitative estimate of drug-likeness (QED) is 0.896. The van der Waals surface area contributed by atoms with Crippen molar-refractivity contribution in [2.24, 2.45) is 11.8 Å². The summed E-state index contributed by atoms with van der Waals surface area (Å²) in [6.07, 6.45) is 1.62. The van der Waals surface area contributed by atoms with Crippen molar-refractivity contribution >= 4 is 11.9 Å². The molecule has 0 spiro atoms. The first-order valence-corrected chi connectivity index (χ1v) is 8.75. The van der Waals surface area contributed by atoms with Crippen molar-refractivity contribution in [1.29, 1.82) is 0 Å². The molecule has 6 heteroatoms. The number of carboxylic acid groups (broad SMARTS) is 1. The van der Waals surface area contributed by atoms with Gasteiger partial charge in [0.15, 0.2) is 0 Å². The van der Waals surface area contributed by atoms with Gasteiger partial charge in [-0.1, -0.05) is 20.8 Å². The van der Waals surface area contributed by atoms with Crippen molar-refractivity contribution in [1.82, 2.24) is 14.7 Å². The Morgan fingerprint density at radius 1 is 1.33 bits per heavy atom. The molecule has 2 unspecified atom stereocenters. The van der Waals surface area contributed by atoms with Gasteiger partial charge >= 0.3 is 5.97 Å². The predicted molar refractivity (Wildman–Crippen MR) is 91.8 cm³/mol. The highest BCUT2D eigenvalue weighted by atomic mass is 16.4. The predicted octanol–water partition coefficient (Wildman–Crippen LogP) is 2.41. The van der Waals surface area contributed by atoms with E-state index in [4.69, 9.17) is 0 Å². The van der Waals surface area contributed by atoms with E-state index < -0.39 is 12.0 Å². The number of aromatic nitrogens is 2. The molecule has 24 heavy (non-hydrogen) atoms. The zero-order valence-electron chi connectivity index (χ0n) is 15.4. The van der Waals surface area contributed by atoms with E-state index in [-0.39, 0.29) is 12.3 Å². The molecule has 134 valence electrons. The second-order valence-electron chi connectivity index (χ2n) is 7.47. The molecule has 0 saturated carbocycles. The number of piperidine rings is 1. The van der Waals surface area contributed by atoms with Crippen LogP contribution in [0.3, 0.4) is 0 Å². The Morgan fingerprint density at radius 3 is 2.58 bits per heavy atom. The summed E-state index contributed by atoms with van der Waals surface area (Å²) < 4.78 is 1.95. The minimum Gasteiger partial charge on any atom is -0.480 e. The highest BCUT2D eigenvalue weighted by Crippen LogP contribution is 2.24. The van der Waals surface area contributed by atoms with Crippen molar-refractivity contribution in [3.8, 4) is 0 Å². The zero-order valence-corrected chi connectivity index (χ0v) is 15.4. The van der Waals surface area contributed by atoms with E-state index in [2.05, 4.69) is 18.9 Å². The standard InChI is InChI=1S/C18H29N3O3/c1-11(2)10-21-14(5)15(13(4)19-21)9-17(22)20-7-6-12(3)8-16(20)18(23)24/h11-12,16H,6-10H2,1-5H3,(H,23,24). The van der Waals surface area contributed by atoms with E-state index in [0.29, 0.717) is 24.8 Å². The van der Waals surface area contributed by atoms with Gasteiger partial charge in [-0.05, 0) is 38.5 Å². The third-order valence-corrected chi connectivity index (χ3v) is 4.87. The van der Waals surface area contributed by atoms with E-state index >= 15 is 0 Å². The third kappa shape index (κ3) is 3.97. The Kier molecular flexibility index (Phi) is 5.67. The molecule has 1 fully saturated rings. The lowest BCUT2D eigenvalue weighted by molar-refractivity contribution is -0.152. The average Bonchev–Trinajstić information content (AvgIpc) is 2.73. The molecule has 1 N–H and O–H groups in total. The molecule has 1 aromatic rings. The highest BCUT2D eigenvalue weighted by Gasteiger charge is 2.35. The molecule has 1 aliphatic heterocycles. The molecule has 1 aliphatic rings. The normalized spacial score (nSPS) is 21.3. The van der Waals surface area contributed by atoms with Gasteiger partial charge < -0.3 is 10.0 Å². The van der Waals surface area contributed by atoms with Crippen molar-refractivity contribution in [3.05, 3.63) is 17.0 Å². The molecule has 2 rings (SSSR count). The van der Waals surface area contributed by atoms with Crippen LogP contribution in [0.5, 0.6) is 0 Å². The summed E-state index contributed by atoms with van der Waals surface area (Å²) in [7, 11) is 0. The fourth-order valence-electron chi connectivity index (χ4n) is 3.44. The number of aliphatic carboxylic acids is 1. The first-order valence-electron chi connectivity index (χ1n) is 8.75. The monoisotopic (exact) mass is 335 g/mol.